The predicted octanol–water partition coefficient (Wildman–Crippen LogP) is 5.37. The Morgan fingerprint density at radius 3 is 2.68 bits per heavy atom. The number of aryl methyl sites for hydroxylation is 1. The van der Waals surface area contributed by atoms with Crippen LogP contribution >= 0.6 is 0 Å². The van der Waals surface area contributed by atoms with E-state index in [2.05, 4.69) is 41.6 Å². The van der Waals surface area contributed by atoms with E-state index in [0.29, 0.717) is 5.56 Å². The van der Waals surface area contributed by atoms with Crippen LogP contribution in [0.2, 0.25) is 0 Å². The molecule has 0 N–H and O–H groups in total. The van der Waals surface area contributed by atoms with E-state index in [0.717, 1.165) is 41.8 Å². The molecule has 1 aromatic heterocycles. The van der Waals surface area contributed by atoms with Crippen LogP contribution in [0.25, 0.3) is 11.1 Å². The van der Waals surface area contributed by atoms with E-state index < -0.39 is 0 Å². The predicted molar refractivity (Wildman–Crippen MR) is 101 cm³/mol. The Bertz CT molecular complexity index is 872. The molecule has 1 atom stereocenters. The number of hydrogen-bond acceptors (Lipinski definition) is 2. The van der Waals surface area contributed by atoms with E-state index in [1.807, 2.05) is 48.8 Å². The zero-order valence-electron chi connectivity index (χ0n) is 14.8. The van der Waals surface area contributed by atoms with Gasteiger partial charge in [0.2, 0.25) is 0 Å². The molecular weight excluding hydrogens is 306 g/mol. The van der Waals surface area contributed by atoms with Crippen LogP contribution in [0, 0.1) is 11.3 Å². The normalized spacial score (nSPS) is 11.9. The lowest BCUT2D eigenvalue weighted by Gasteiger charge is -2.18. The van der Waals surface area contributed by atoms with Gasteiger partial charge >= 0.3 is 0 Å². The molecule has 0 saturated heterocycles. The molecule has 0 saturated carbocycles. The van der Waals surface area contributed by atoms with Gasteiger partial charge in [-0.2, -0.15) is 5.26 Å². The van der Waals surface area contributed by atoms with Gasteiger partial charge in [0.1, 0.15) is 5.82 Å². The van der Waals surface area contributed by atoms with Crippen LogP contribution in [-0.2, 0) is 6.42 Å². The SMILES string of the molecule is CCCCc1nccn1C(C)c1ccc(-c2ccccc2)c(C#N)c1. The van der Waals surface area contributed by atoms with Gasteiger partial charge in [-0.15, -0.1) is 0 Å². The molecule has 0 spiro atoms. The number of unbranched alkanes of at least 4 members (excludes halogenated alkanes) is 1. The molecule has 1 unspecified atom stereocenters. The van der Waals surface area contributed by atoms with Crippen LogP contribution in [0.4, 0.5) is 0 Å². The van der Waals surface area contributed by atoms with Gasteiger partial charge in [-0.1, -0.05) is 55.8 Å². The number of benzene rings is 2. The number of rotatable bonds is 6. The van der Waals surface area contributed by atoms with Crippen molar-refractivity contribution in [1.82, 2.24) is 9.55 Å². The smallest absolute Gasteiger partial charge is 0.109 e. The number of nitrogens with zero attached hydrogens (tertiary/aromatic N) is 3. The highest BCUT2D eigenvalue weighted by Gasteiger charge is 2.14. The Balaban J connectivity index is 1.94. The van der Waals surface area contributed by atoms with Crippen molar-refractivity contribution in [3.05, 3.63) is 77.9 Å². The topological polar surface area (TPSA) is 41.6 Å². The third-order valence-electron chi connectivity index (χ3n) is 4.65. The summed E-state index contributed by atoms with van der Waals surface area (Å²) < 4.78 is 2.22. The van der Waals surface area contributed by atoms with Crippen molar-refractivity contribution in [3.63, 3.8) is 0 Å². The van der Waals surface area contributed by atoms with Crippen LogP contribution in [0.1, 0.15) is 49.7 Å². The van der Waals surface area contributed by atoms with Crippen LogP contribution in [0.15, 0.2) is 60.9 Å². The van der Waals surface area contributed by atoms with Gasteiger partial charge in [0.15, 0.2) is 0 Å². The largest absolute Gasteiger partial charge is 0.328 e. The summed E-state index contributed by atoms with van der Waals surface area (Å²) in [7, 11) is 0. The highest BCUT2D eigenvalue weighted by atomic mass is 15.1. The maximum Gasteiger partial charge on any atom is 0.109 e. The first-order chi connectivity index (χ1) is 12.2. The van der Waals surface area contributed by atoms with Crippen LogP contribution < -0.4 is 0 Å². The minimum absolute atomic E-state index is 0.159. The molecule has 2 aromatic carbocycles. The molecule has 0 aliphatic heterocycles. The zero-order valence-corrected chi connectivity index (χ0v) is 14.8. The van der Waals surface area contributed by atoms with Gasteiger partial charge in [-0.25, -0.2) is 4.98 Å². The number of imidazole rings is 1. The highest BCUT2D eigenvalue weighted by molar-refractivity contribution is 5.71. The summed E-state index contributed by atoms with van der Waals surface area (Å²) in [5.74, 6) is 1.11. The Kier molecular flexibility index (Phi) is 5.30. The lowest BCUT2D eigenvalue weighted by Crippen LogP contribution is -2.10. The number of hydrogen-bond donors (Lipinski definition) is 0. The summed E-state index contributed by atoms with van der Waals surface area (Å²) in [6.07, 6.45) is 7.19. The fraction of sp³-hybridized carbons (Fsp3) is 0.273. The highest BCUT2D eigenvalue weighted by Crippen LogP contribution is 2.28. The second-order valence-electron chi connectivity index (χ2n) is 6.31. The standard InChI is InChI=1S/C22H23N3/c1-3-4-10-22-24-13-14-25(22)17(2)19-11-12-21(20(15-19)16-23)18-8-6-5-7-9-18/h5-9,11-15,17H,3-4,10H2,1-2H3. The van der Waals surface area contributed by atoms with Crippen LogP contribution in [0.3, 0.4) is 0 Å². The monoisotopic (exact) mass is 329 g/mol. The molecule has 0 aliphatic carbocycles. The number of nitriles is 1. The van der Waals surface area contributed by atoms with Crippen molar-refractivity contribution in [2.24, 2.45) is 0 Å². The molecule has 0 amide bonds. The average Bonchev–Trinajstić information content (AvgIpc) is 3.14. The first kappa shape index (κ1) is 17.0. The van der Waals surface area contributed by atoms with E-state index in [9.17, 15) is 5.26 Å². The third kappa shape index (κ3) is 3.64. The minimum Gasteiger partial charge on any atom is -0.328 e. The second kappa shape index (κ2) is 7.81. The lowest BCUT2D eigenvalue weighted by molar-refractivity contribution is 0.588. The Hall–Kier alpha value is -2.86. The van der Waals surface area contributed by atoms with Gasteiger partial charge in [-0.3, -0.25) is 0 Å². The fourth-order valence-electron chi connectivity index (χ4n) is 3.17. The summed E-state index contributed by atoms with van der Waals surface area (Å²) in [4.78, 5) is 4.51. The lowest BCUT2D eigenvalue weighted by atomic mass is 9.96. The molecule has 3 nitrogen and oxygen atoms in total. The van der Waals surface area contributed by atoms with Gasteiger partial charge in [-0.05, 0) is 36.1 Å². The molecule has 3 rings (SSSR count). The Labute approximate surface area is 149 Å². The van der Waals surface area contributed by atoms with Crippen LogP contribution in [-0.4, -0.2) is 9.55 Å². The van der Waals surface area contributed by atoms with Crippen molar-refractivity contribution in [2.75, 3.05) is 0 Å². The maximum atomic E-state index is 9.62. The van der Waals surface area contributed by atoms with Gasteiger partial charge < -0.3 is 4.57 Å². The molecule has 0 radical (unpaired) electrons. The van der Waals surface area contributed by atoms with Gasteiger partial charge in [0.25, 0.3) is 0 Å². The first-order valence-corrected chi connectivity index (χ1v) is 8.85. The van der Waals surface area contributed by atoms with Gasteiger partial charge in [0.05, 0.1) is 17.7 Å². The summed E-state index contributed by atoms with van der Waals surface area (Å²) in [6, 6.07) is 18.8. The van der Waals surface area contributed by atoms with Crippen molar-refractivity contribution >= 4 is 0 Å². The third-order valence-corrected chi connectivity index (χ3v) is 4.65. The quantitative estimate of drug-likeness (QED) is 0.610. The van der Waals surface area contributed by atoms with E-state index in [4.69, 9.17) is 0 Å². The second-order valence-corrected chi connectivity index (χ2v) is 6.31. The fourth-order valence-corrected chi connectivity index (χ4v) is 3.17. The molecule has 1 heterocycles. The average molecular weight is 329 g/mol. The first-order valence-electron chi connectivity index (χ1n) is 8.85. The molecule has 25 heavy (non-hydrogen) atoms. The van der Waals surface area contributed by atoms with E-state index in [-0.39, 0.29) is 6.04 Å². The summed E-state index contributed by atoms with van der Waals surface area (Å²) >= 11 is 0. The molecular formula is C22H23N3. The summed E-state index contributed by atoms with van der Waals surface area (Å²) in [5.41, 5.74) is 3.90. The Morgan fingerprint density at radius 1 is 1.16 bits per heavy atom. The van der Waals surface area contributed by atoms with Crippen molar-refractivity contribution < 1.29 is 0 Å². The molecule has 0 fully saturated rings. The molecule has 126 valence electrons. The van der Waals surface area contributed by atoms with Crippen LogP contribution in [0.5, 0.6) is 0 Å². The summed E-state index contributed by atoms with van der Waals surface area (Å²) in [5, 5.41) is 9.62. The zero-order chi connectivity index (χ0) is 17.6. The maximum absolute atomic E-state index is 9.62. The van der Waals surface area contributed by atoms with Crippen molar-refractivity contribution in [3.8, 4) is 17.2 Å². The van der Waals surface area contributed by atoms with E-state index >= 15 is 0 Å². The van der Waals surface area contributed by atoms with E-state index in [1.165, 1.54) is 0 Å². The number of aromatic nitrogens is 2. The van der Waals surface area contributed by atoms with Gasteiger partial charge in [0, 0.05) is 18.8 Å². The minimum atomic E-state index is 0.159. The molecule has 3 heteroatoms. The summed E-state index contributed by atoms with van der Waals surface area (Å²) in [6.45, 7) is 4.36. The molecule has 0 aliphatic rings. The molecule has 3 aromatic rings. The van der Waals surface area contributed by atoms with Crippen molar-refractivity contribution in [2.45, 2.75) is 39.2 Å². The molecule has 0 bridgehead atoms. The van der Waals surface area contributed by atoms with E-state index in [1.54, 1.807) is 0 Å². The Morgan fingerprint density at radius 2 is 1.96 bits per heavy atom. The van der Waals surface area contributed by atoms with Crippen molar-refractivity contribution in [1.29, 1.82) is 5.26 Å².